The predicted octanol–water partition coefficient (Wildman–Crippen LogP) is 3.87. The molecule has 0 aromatic carbocycles. The number of allylic oxidation sites excluding steroid dienone is 4. The summed E-state index contributed by atoms with van der Waals surface area (Å²) >= 11 is 6.19. The Morgan fingerprint density at radius 3 is 3.09 bits per heavy atom. The van der Waals surface area contributed by atoms with Crippen molar-refractivity contribution in [2.45, 2.75) is 23.7 Å². The third-order valence-electron chi connectivity index (χ3n) is 1.55. The van der Waals surface area contributed by atoms with Gasteiger partial charge in [-0.15, -0.1) is 0 Å². The Balaban J connectivity index is 2.53. The van der Waals surface area contributed by atoms with Gasteiger partial charge in [-0.05, 0) is 0 Å². The number of hydrogen-bond donors (Lipinski definition) is 0. The van der Waals surface area contributed by atoms with Crippen molar-refractivity contribution in [2.24, 2.45) is 0 Å². The minimum atomic E-state index is 0.329. The standard InChI is InChI=1S/C8H10Cl.ClH.Pd/c9-8-6-4-2-1-3-5-7-8;;/h1-2,4,6H,3,5,7H2;1H;/q;;+1/p-1/b4-2-,8-6+;;. The molecule has 0 saturated carbocycles. The van der Waals surface area contributed by atoms with E-state index in [-0.39, 0.29) is 0 Å². The molecule has 0 aromatic rings. The Labute approximate surface area is 84.8 Å². The van der Waals surface area contributed by atoms with E-state index in [2.05, 4.69) is 6.08 Å². The molecule has 1 aliphatic rings. The number of hydrogen-bond acceptors (Lipinski definition) is 0. The second-order valence-corrected chi connectivity index (χ2v) is 5.22. The average molecular weight is 283 g/mol. The molecule has 1 rings (SSSR count). The summed E-state index contributed by atoms with van der Waals surface area (Å²) in [5, 5.41) is 0.959. The van der Waals surface area contributed by atoms with E-state index in [1.54, 1.807) is 0 Å². The second-order valence-electron chi connectivity index (χ2n) is 2.43. The van der Waals surface area contributed by atoms with Crippen LogP contribution in [0.3, 0.4) is 0 Å². The van der Waals surface area contributed by atoms with Gasteiger partial charge in [-0.1, -0.05) is 0 Å². The molecule has 11 heavy (non-hydrogen) atoms. The van der Waals surface area contributed by atoms with Crippen molar-refractivity contribution in [1.29, 1.82) is 0 Å². The Hall–Kier alpha value is 0.722. The quantitative estimate of drug-likeness (QED) is 0.641. The molecule has 1 unspecified atom stereocenters. The van der Waals surface area contributed by atoms with E-state index in [4.69, 9.17) is 21.1 Å². The van der Waals surface area contributed by atoms with Gasteiger partial charge in [0.25, 0.3) is 0 Å². The van der Waals surface area contributed by atoms with Crippen LogP contribution in [0.2, 0.25) is 4.39 Å². The third kappa shape index (κ3) is 3.76. The summed E-state index contributed by atoms with van der Waals surface area (Å²) in [6.45, 7) is 0. The molecule has 0 aromatic heterocycles. The zero-order valence-electron chi connectivity index (χ0n) is 6.00. The van der Waals surface area contributed by atoms with E-state index >= 15 is 0 Å². The normalized spacial score (nSPS) is 33.6. The summed E-state index contributed by atoms with van der Waals surface area (Å²) in [5.74, 6) is 0. The van der Waals surface area contributed by atoms with Gasteiger partial charge in [0.1, 0.15) is 0 Å². The molecule has 3 heteroatoms. The van der Waals surface area contributed by atoms with E-state index in [0.29, 0.717) is 21.4 Å². The fraction of sp³-hybridized carbons (Fsp3) is 0.500. The number of halogens is 2. The van der Waals surface area contributed by atoms with Crippen molar-refractivity contribution < 1.29 is 17.0 Å². The summed E-state index contributed by atoms with van der Waals surface area (Å²) in [7, 11) is 5.79. The van der Waals surface area contributed by atoms with Gasteiger partial charge in [0, 0.05) is 0 Å². The Morgan fingerprint density at radius 2 is 2.36 bits per heavy atom. The summed E-state index contributed by atoms with van der Waals surface area (Å²) in [5.41, 5.74) is 0. The maximum absolute atomic E-state index is 5.87. The molecule has 0 nitrogen and oxygen atoms in total. The van der Waals surface area contributed by atoms with E-state index < -0.39 is 0 Å². The molecule has 66 valence electrons. The first-order valence-electron chi connectivity index (χ1n) is 3.54. The van der Waals surface area contributed by atoms with Crippen molar-refractivity contribution in [3.63, 3.8) is 0 Å². The van der Waals surface area contributed by atoms with E-state index in [1.807, 2.05) is 12.2 Å². The van der Waals surface area contributed by atoms with Crippen molar-refractivity contribution in [2.75, 3.05) is 0 Å². The first kappa shape index (κ1) is 9.81. The molecule has 0 aliphatic heterocycles. The van der Waals surface area contributed by atoms with Crippen molar-refractivity contribution in [3.8, 4) is 0 Å². The SMILES string of the molecule is [Cl][Pd][CH]1/C=C\C=C(\Cl)CCC1. The third-order valence-corrected chi connectivity index (χ3v) is 4.10. The molecule has 0 amide bonds. The molecular formula is C8H10Cl2Pd. The van der Waals surface area contributed by atoms with Crippen LogP contribution in [0.15, 0.2) is 23.3 Å². The Bertz CT molecular complexity index is 175. The molecule has 0 fully saturated rings. The van der Waals surface area contributed by atoms with Gasteiger partial charge >= 0.3 is 85.0 Å². The first-order chi connectivity index (χ1) is 5.33. The molecule has 1 aliphatic carbocycles. The predicted molar refractivity (Wildman–Crippen MR) is 46.5 cm³/mol. The summed E-state index contributed by atoms with van der Waals surface area (Å²) in [4.78, 5) is 0. The fourth-order valence-electron chi connectivity index (χ4n) is 0.964. The molecule has 0 spiro atoms. The maximum atomic E-state index is 5.87. The van der Waals surface area contributed by atoms with Gasteiger partial charge in [-0.25, -0.2) is 0 Å². The van der Waals surface area contributed by atoms with Crippen LogP contribution in [0.1, 0.15) is 19.3 Å². The first-order valence-corrected chi connectivity index (χ1v) is 6.82. The molecule has 0 heterocycles. The zero-order chi connectivity index (χ0) is 8.10. The van der Waals surface area contributed by atoms with Crippen molar-refractivity contribution in [3.05, 3.63) is 23.3 Å². The Morgan fingerprint density at radius 1 is 1.55 bits per heavy atom. The van der Waals surface area contributed by atoms with Crippen LogP contribution in [0, 0.1) is 0 Å². The van der Waals surface area contributed by atoms with Crippen LogP contribution in [0.5, 0.6) is 0 Å². The minimum absolute atomic E-state index is 0.329. The molecule has 0 radical (unpaired) electrons. The van der Waals surface area contributed by atoms with Gasteiger partial charge in [0.15, 0.2) is 0 Å². The van der Waals surface area contributed by atoms with Gasteiger partial charge in [0.05, 0.1) is 0 Å². The average Bonchev–Trinajstić information content (AvgIpc) is 1.96. The fourth-order valence-corrected chi connectivity index (χ4v) is 2.62. The van der Waals surface area contributed by atoms with Crippen LogP contribution in [0.4, 0.5) is 0 Å². The summed E-state index contributed by atoms with van der Waals surface area (Å²) in [6.07, 6.45) is 9.49. The van der Waals surface area contributed by atoms with Crippen LogP contribution in [0.25, 0.3) is 0 Å². The van der Waals surface area contributed by atoms with Crippen LogP contribution < -0.4 is 0 Å². The molecular weight excluding hydrogens is 273 g/mol. The van der Waals surface area contributed by atoms with E-state index in [0.717, 1.165) is 17.9 Å². The second kappa shape index (κ2) is 5.38. The van der Waals surface area contributed by atoms with Gasteiger partial charge in [0.2, 0.25) is 0 Å². The molecule has 0 bridgehead atoms. The van der Waals surface area contributed by atoms with Gasteiger partial charge < -0.3 is 0 Å². The molecule has 1 atom stereocenters. The number of rotatable bonds is 1. The van der Waals surface area contributed by atoms with E-state index in [9.17, 15) is 0 Å². The van der Waals surface area contributed by atoms with Gasteiger partial charge in [-0.3, -0.25) is 0 Å². The van der Waals surface area contributed by atoms with Crippen LogP contribution in [-0.4, -0.2) is 0 Å². The van der Waals surface area contributed by atoms with Gasteiger partial charge in [-0.2, -0.15) is 0 Å². The Kier molecular flexibility index (Phi) is 4.80. The molecule has 0 N–H and O–H groups in total. The summed E-state index contributed by atoms with van der Waals surface area (Å²) < 4.78 is 0.590. The monoisotopic (exact) mass is 282 g/mol. The van der Waals surface area contributed by atoms with Crippen LogP contribution >= 0.6 is 21.1 Å². The van der Waals surface area contributed by atoms with Crippen molar-refractivity contribution in [1.82, 2.24) is 0 Å². The zero-order valence-corrected chi connectivity index (χ0v) is 9.07. The van der Waals surface area contributed by atoms with Crippen LogP contribution in [-0.2, 0) is 17.0 Å². The molecule has 0 saturated heterocycles. The summed E-state index contributed by atoms with van der Waals surface area (Å²) in [6, 6.07) is 0. The topological polar surface area (TPSA) is 0 Å². The van der Waals surface area contributed by atoms with E-state index in [1.165, 1.54) is 6.42 Å². The van der Waals surface area contributed by atoms with Crippen molar-refractivity contribution >= 4 is 21.1 Å².